The molecule has 0 bridgehead atoms. The van der Waals surface area contributed by atoms with Crippen molar-refractivity contribution in [2.45, 2.75) is 12.5 Å². The molecule has 1 amide bonds. The fourth-order valence-electron chi connectivity index (χ4n) is 0.845. The van der Waals surface area contributed by atoms with Crippen LogP contribution in [0.4, 0.5) is 0 Å². The fraction of sp³-hybridized carbons (Fsp3) is 0.833. The molecule has 5 nitrogen and oxygen atoms in total. The minimum absolute atomic E-state index is 0.570. The van der Waals surface area contributed by atoms with Crippen molar-refractivity contribution >= 4 is 15.7 Å². The average molecular weight is 195 g/mol. The van der Waals surface area contributed by atoms with Crippen molar-refractivity contribution in [1.29, 1.82) is 0 Å². The highest BCUT2D eigenvalue weighted by atomic mass is 32.2. The molecule has 12 heavy (non-hydrogen) atoms. The zero-order valence-corrected chi connectivity index (χ0v) is 8.10. The predicted octanol–water partition coefficient (Wildman–Crippen LogP) is -1.47. The second-order valence-corrected chi connectivity index (χ2v) is 5.06. The number of carbonyl (C=O) groups is 1. The zero-order valence-electron chi connectivity index (χ0n) is 7.29. The maximum atomic E-state index is 10.9. The third-order valence-corrected chi connectivity index (χ3v) is 2.35. The largest absolute Gasteiger partial charge is 0.379 e. The number of rotatable bonds is 3. The highest BCUT2D eigenvalue weighted by molar-refractivity contribution is 7.90. The van der Waals surface area contributed by atoms with Crippen molar-refractivity contribution in [2.75, 3.05) is 19.1 Å². The topological polar surface area (TPSA) is 83.5 Å². The number of hydrogen-bond donors (Lipinski definition) is 2. The number of hydrogen-bond acceptors (Lipinski definition) is 4. The van der Waals surface area contributed by atoms with Crippen LogP contribution in [0.25, 0.3) is 0 Å². The third-order valence-electron chi connectivity index (χ3n) is 1.26. The molecule has 0 saturated heterocycles. The summed E-state index contributed by atoms with van der Waals surface area (Å²) in [6, 6.07) is 0. The van der Waals surface area contributed by atoms with Gasteiger partial charge in [0.1, 0.15) is 0 Å². The molecular weight excluding hydrogens is 182 g/mol. The summed E-state index contributed by atoms with van der Waals surface area (Å²) in [6.45, 7) is 1.16. The van der Waals surface area contributed by atoms with Crippen molar-refractivity contribution in [3.8, 4) is 0 Å². The molecule has 0 aliphatic carbocycles. The number of nitrogens with one attached hydrogen (secondary N) is 1. The van der Waals surface area contributed by atoms with E-state index in [4.69, 9.17) is 0 Å². The molecule has 0 fully saturated rings. The van der Waals surface area contributed by atoms with Gasteiger partial charge in [-0.25, -0.2) is 8.42 Å². The lowest BCUT2D eigenvalue weighted by atomic mass is 10.1. The minimum Gasteiger partial charge on any atom is -0.379 e. The van der Waals surface area contributed by atoms with Crippen LogP contribution >= 0.6 is 0 Å². The Morgan fingerprint density at radius 3 is 2.25 bits per heavy atom. The second kappa shape index (κ2) is 3.40. The molecule has 2 N–H and O–H groups in total. The normalized spacial score (nSPS) is 16.7. The third kappa shape index (κ3) is 3.68. The van der Waals surface area contributed by atoms with Gasteiger partial charge in [0.15, 0.2) is 15.4 Å². The molecule has 0 spiro atoms. The number of sulfone groups is 1. The SMILES string of the molecule is CNC(=O)[C@@](C)(O)CS(C)(=O)=O. The second-order valence-electron chi connectivity index (χ2n) is 2.92. The van der Waals surface area contributed by atoms with Crippen LogP contribution < -0.4 is 5.32 Å². The predicted molar refractivity (Wildman–Crippen MR) is 44.4 cm³/mol. The van der Waals surface area contributed by atoms with Gasteiger partial charge in [-0.05, 0) is 6.92 Å². The molecule has 0 rings (SSSR count). The quantitative estimate of drug-likeness (QED) is 0.576. The smallest absolute Gasteiger partial charge is 0.252 e. The molecule has 0 unspecified atom stereocenters. The van der Waals surface area contributed by atoms with E-state index < -0.39 is 27.1 Å². The van der Waals surface area contributed by atoms with Crippen LogP contribution in [0.3, 0.4) is 0 Å². The summed E-state index contributed by atoms with van der Waals surface area (Å²) < 4.78 is 21.5. The average Bonchev–Trinajstić information content (AvgIpc) is 1.80. The Morgan fingerprint density at radius 1 is 1.58 bits per heavy atom. The van der Waals surface area contributed by atoms with E-state index in [1.807, 2.05) is 0 Å². The van der Waals surface area contributed by atoms with E-state index in [-0.39, 0.29) is 0 Å². The van der Waals surface area contributed by atoms with Gasteiger partial charge < -0.3 is 10.4 Å². The van der Waals surface area contributed by atoms with Crippen molar-refractivity contribution < 1.29 is 18.3 Å². The molecule has 0 radical (unpaired) electrons. The molecule has 72 valence electrons. The van der Waals surface area contributed by atoms with Gasteiger partial charge in [0.25, 0.3) is 5.91 Å². The number of carbonyl (C=O) groups excluding carboxylic acids is 1. The van der Waals surface area contributed by atoms with Crippen molar-refractivity contribution in [1.82, 2.24) is 5.32 Å². The molecule has 0 aromatic heterocycles. The first-order valence-corrected chi connectivity index (χ1v) is 5.37. The number of likely N-dealkylation sites (N-methyl/N-ethyl adjacent to an activating group) is 1. The van der Waals surface area contributed by atoms with Gasteiger partial charge in [-0.15, -0.1) is 0 Å². The van der Waals surface area contributed by atoms with Gasteiger partial charge in [0.2, 0.25) is 0 Å². The van der Waals surface area contributed by atoms with E-state index in [0.717, 1.165) is 13.2 Å². The standard InChI is InChI=1S/C6H13NO4S/c1-6(9,5(8)7-2)4-12(3,10)11/h9H,4H2,1-3H3,(H,7,8)/t6-/m0/s1. The summed E-state index contributed by atoms with van der Waals surface area (Å²) in [5.41, 5.74) is -1.84. The van der Waals surface area contributed by atoms with E-state index in [9.17, 15) is 18.3 Å². The molecule has 0 aromatic rings. The zero-order chi connectivity index (χ0) is 9.99. The highest BCUT2D eigenvalue weighted by Gasteiger charge is 2.33. The molecule has 0 aromatic carbocycles. The summed E-state index contributed by atoms with van der Waals surface area (Å²) in [6.07, 6.45) is 0.963. The van der Waals surface area contributed by atoms with E-state index in [2.05, 4.69) is 5.32 Å². The van der Waals surface area contributed by atoms with Gasteiger partial charge in [0, 0.05) is 13.3 Å². The Hall–Kier alpha value is -0.620. The first kappa shape index (κ1) is 11.4. The van der Waals surface area contributed by atoms with E-state index in [0.29, 0.717) is 0 Å². The molecular formula is C6H13NO4S. The van der Waals surface area contributed by atoms with Crippen LogP contribution in [-0.2, 0) is 14.6 Å². The van der Waals surface area contributed by atoms with E-state index >= 15 is 0 Å². The summed E-state index contributed by atoms with van der Waals surface area (Å²) in [7, 11) is -2.02. The molecule has 0 aliphatic heterocycles. The lowest BCUT2D eigenvalue weighted by Crippen LogP contribution is -2.47. The lowest BCUT2D eigenvalue weighted by Gasteiger charge is -2.19. The van der Waals surface area contributed by atoms with E-state index in [1.165, 1.54) is 7.05 Å². The molecule has 6 heteroatoms. The van der Waals surface area contributed by atoms with Crippen LogP contribution in [-0.4, -0.2) is 44.1 Å². The van der Waals surface area contributed by atoms with Crippen LogP contribution in [0.15, 0.2) is 0 Å². The van der Waals surface area contributed by atoms with Crippen LogP contribution in [0, 0.1) is 0 Å². The van der Waals surface area contributed by atoms with Crippen molar-refractivity contribution in [2.24, 2.45) is 0 Å². The first-order valence-electron chi connectivity index (χ1n) is 3.31. The summed E-state index contributed by atoms with van der Waals surface area (Å²) >= 11 is 0. The Bertz CT molecular complexity index is 267. The lowest BCUT2D eigenvalue weighted by molar-refractivity contribution is -0.135. The number of aliphatic hydroxyl groups is 1. The fourth-order valence-corrected chi connectivity index (χ4v) is 2.00. The molecule has 1 atom stereocenters. The molecule has 0 heterocycles. The summed E-state index contributed by atoms with van der Waals surface area (Å²) in [5, 5.41) is 11.5. The Labute approximate surface area is 71.7 Å². The summed E-state index contributed by atoms with van der Waals surface area (Å²) in [4.78, 5) is 10.9. The van der Waals surface area contributed by atoms with Gasteiger partial charge in [-0.2, -0.15) is 0 Å². The minimum atomic E-state index is -3.35. The number of amides is 1. The molecule has 0 saturated carbocycles. The van der Waals surface area contributed by atoms with Crippen LogP contribution in [0.1, 0.15) is 6.92 Å². The maximum Gasteiger partial charge on any atom is 0.252 e. The van der Waals surface area contributed by atoms with E-state index in [1.54, 1.807) is 0 Å². The van der Waals surface area contributed by atoms with Crippen LogP contribution in [0.2, 0.25) is 0 Å². The highest BCUT2D eigenvalue weighted by Crippen LogP contribution is 2.06. The van der Waals surface area contributed by atoms with Gasteiger partial charge in [-0.1, -0.05) is 0 Å². The molecule has 0 aliphatic rings. The summed E-state index contributed by atoms with van der Waals surface area (Å²) in [5.74, 6) is -1.27. The Kier molecular flexibility index (Phi) is 3.23. The first-order chi connectivity index (χ1) is 5.19. The van der Waals surface area contributed by atoms with Gasteiger partial charge in [-0.3, -0.25) is 4.79 Å². The van der Waals surface area contributed by atoms with Gasteiger partial charge in [0.05, 0.1) is 5.75 Å². The van der Waals surface area contributed by atoms with Gasteiger partial charge >= 0.3 is 0 Å². The monoisotopic (exact) mass is 195 g/mol. The Balaban J connectivity index is 4.54. The van der Waals surface area contributed by atoms with Crippen molar-refractivity contribution in [3.05, 3.63) is 0 Å². The maximum absolute atomic E-state index is 10.9. The van der Waals surface area contributed by atoms with Crippen molar-refractivity contribution in [3.63, 3.8) is 0 Å². The van der Waals surface area contributed by atoms with Crippen LogP contribution in [0.5, 0.6) is 0 Å². The Morgan fingerprint density at radius 2 is 2.00 bits per heavy atom.